The second-order valence-corrected chi connectivity index (χ2v) is 3.19. The molecule has 6 heteroatoms. The van der Waals surface area contributed by atoms with Crippen LogP contribution in [0.5, 0.6) is 0 Å². The van der Waals surface area contributed by atoms with Gasteiger partial charge in [-0.3, -0.25) is 4.79 Å². The Kier molecular flexibility index (Phi) is 8.43. The van der Waals surface area contributed by atoms with Crippen LogP contribution in [-0.2, 0) is 14.3 Å². The number of hydrogen-bond acceptors (Lipinski definition) is 5. The minimum atomic E-state index is -0.643. The summed E-state index contributed by atoms with van der Waals surface area (Å²) in [5, 5.41) is 8.50. The first-order chi connectivity index (χ1) is 7.71. The lowest BCUT2D eigenvalue weighted by molar-refractivity contribution is -0.141. The number of nitrogens with zero attached hydrogens (tertiary/aromatic N) is 2. The van der Waals surface area contributed by atoms with Gasteiger partial charge in [-0.15, -0.1) is 0 Å². The predicted molar refractivity (Wildman–Crippen MR) is 58.5 cm³/mol. The molecule has 0 fully saturated rings. The molecule has 0 heterocycles. The molecule has 92 valence electrons. The molecule has 0 radical (unpaired) electrons. The lowest BCUT2D eigenvalue weighted by Gasteiger charge is -2.25. The van der Waals surface area contributed by atoms with Gasteiger partial charge in [-0.05, 0) is 0 Å². The van der Waals surface area contributed by atoms with E-state index in [0.717, 1.165) is 0 Å². The third-order valence-corrected chi connectivity index (χ3v) is 2.14. The molecule has 0 aliphatic carbocycles. The molecule has 0 aromatic heterocycles. The molecule has 0 saturated carbocycles. The molecule has 1 amide bonds. The van der Waals surface area contributed by atoms with Gasteiger partial charge < -0.3 is 20.1 Å². The van der Waals surface area contributed by atoms with Crippen molar-refractivity contribution in [2.24, 2.45) is 5.73 Å². The molecular formula is C10H19N3O3. The zero-order chi connectivity index (χ0) is 12.4. The van der Waals surface area contributed by atoms with Gasteiger partial charge in [-0.1, -0.05) is 0 Å². The van der Waals surface area contributed by atoms with Gasteiger partial charge in [0.25, 0.3) is 5.91 Å². The fourth-order valence-corrected chi connectivity index (χ4v) is 1.22. The zero-order valence-electron chi connectivity index (χ0n) is 9.81. The number of carbonyl (C=O) groups is 1. The molecule has 0 aliphatic heterocycles. The van der Waals surface area contributed by atoms with Crippen molar-refractivity contribution in [3.8, 4) is 6.07 Å². The maximum Gasteiger partial charge on any atom is 0.253 e. The number of nitriles is 1. The van der Waals surface area contributed by atoms with Crippen molar-refractivity contribution in [1.29, 1.82) is 5.26 Å². The predicted octanol–water partition coefficient (Wildman–Crippen LogP) is -0.651. The van der Waals surface area contributed by atoms with Gasteiger partial charge in [0.15, 0.2) is 0 Å². The molecule has 0 rings (SSSR count). The van der Waals surface area contributed by atoms with Crippen LogP contribution in [0.3, 0.4) is 0 Å². The van der Waals surface area contributed by atoms with Crippen LogP contribution >= 0.6 is 0 Å². The van der Waals surface area contributed by atoms with Gasteiger partial charge in [0.05, 0.1) is 19.1 Å². The first-order valence-corrected chi connectivity index (χ1v) is 5.08. The topological polar surface area (TPSA) is 88.6 Å². The average molecular weight is 229 g/mol. The summed E-state index contributed by atoms with van der Waals surface area (Å²) in [5.41, 5.74) is 5.41. The van der Waals surface area contributed by atoms with Crippen molar-refractivity contribution < 1.29 is 14.3 Å². The van der Waals surface area contributed by atoms with Crippen molar-refractivity contribution in [2.45, 2.75) is 12.5 Å². The maximum atomic E-state index is 11.9. The van der Waals surface area contributed by atoms with Crippen molar-refractivity contribution in [1.82, 2.24) is 4.90 Å². The van der Waals surface area contributed by atoms with E-state index in [-0.39, 0.29) is 18.9 Å². The van der Waals surface area contributed by atoms with Crippen LogP contribution in [0.4, 0.5) is 0 Å². The van der Waals surface area contributed by atoms with Crippen LogP contribution < -0.4 is 5.73 Å². The fourth-order valence-electron chi connectivity index (χ4n) is 1.22. The maximum absolute atomic E-state index is 11.9. The molecular weight excluding hydrogens is 210 g/mol. The minimum absolute atomic E-state index is 0.130. The Bertz CT molecular complexity index is 236. The van der Waals surface area contributed by atoms with E-state index in [1.807, 2.05) is 6.07 Å². The van der Waals surface area contributed by atoms with Crippen molar-refractivity contribution in [3.63, 3.8) is 0 Å². The first kappa shape index (κ1) is 14.8. The number of rotatable bonds is 8. The van der Waals surface area contributed by atoms with Gasteiger partial charge in [0.2, 0.25) is 0 Å². The number of nitrogens with two attached hydrogens (primary N) is 1. The van der Waals surface area contributed by atoms with Crippen LogP contribution in [0.15, 0.2) is 0 Å². The first-order valence-electron chi connectivity index (χ1n) is 5.08. The summed E-state index contributed by atoms with van der Waals surface area (Å²) < 4.78 is 9.86. The highest BCUT2D eigenvalue weighted by molar-refractivity contribution is 5.81. The molecule has 0 aliphatic rings. The SMILES string of the molecule is COCCN(CCC#N)C(=O)C(CN)OC. The number of methoxy groups -OCH3 is 2. The Morgan fingerprint density at radius 1 is 1.50 bits per heavy atom. The molecule has 0 aromatic carbocycles. The summed E-state index contributed by atoms with van der Waals surface area (Å²) in [7, 11) is 3.00. The van der Waals surface area contributed by atoms with Crippen LogP contribution in [-0.4, -0.2) is 57.4 Å². The standard InChI is InChI=1S/C10H19N3O3/c1-15-7-6-13(5-3-4-11)10(14)9(8-12)16-2/h9H,3,5-8,12H2,1-2H3. The Morgan fingerprint density at radius 2 is 2.19 bits per heavy atom. The van der Waals surface area contributed by atoms with E-state index in [0.29, 0.717) is 19.7 Å². The van der Waals surface area contributed by atoms with E-state index in [4.69, 9.17) is 20.5 Å². The monoisotopic (exact) mass is 229 g/mol. The van der Waals surface area contributed by atoms with Gasteiger partial charge >= 0.3 is 0 Å². The van der Waals surface area contributed by atoms with E-state index in [1.165, 1.54) is 12.0 Å². The third kappa shape index (κ3) is 5.07. The van der Waals surface area contributed by atoms with Crippen LogP contribution in [0, 0.1) is 11.3 Å². The Balaban J connectivity index is 4.35. The van der Waals surface area contributed by atoms with Gasteiger partial charge in [-0.2, -0.15) is 5.26 Å². The van der Waals surface area contributed by atoms with Crippen molar-refractivity contribution >= 4 is 5.91 Å². The van der Waals surface area contributed by atoms with E-state index >= 15 is 0 Å². The van der Waals surface area contributed by atoms with Gasteiger partial charge in [0, 0.05) is 33.9 Å². The molecule has 0 saturated heterocycles. The number of hydrogen-bond donors (Lipinski definition) is 1. The van der Waals surface area contributed by atoms with Crippen LogP contribution in [0.1, 0.15) is 6.42 Å². The van der Waals surface area contributed by atoms with E-state index in [9.17, 15) is 4.79 Å². The summed E-state index contributed by atoms with van der Waals surface area (Å²) in [6.45, 7) is 1.37. The quantitative estimate of drug-likeness (QED) is 0.597. The molecule has 0 bridgehead atoms. The number of amides is 1. The van der Waals surface area contributed by atoms with Crippen LogP contribution in [0.25, 0.3) is 0 Å². The normalized spacial score (nSPS) is 11.9. The molecule has 6 nitrogen and oxygen atoms in total. The largest absolute Gasteiger partial charge is 0.383 e. The van der Waals surface area contributed by atoms with E-state index in [2.05, 4.69) is 0 Å². The number of ether oxygens (including phenoxy) is 2. The van der Waals surface area contributed by atoms with Gasteiger partial charge in [0.1, 0.15) is 6.10 Å². The lowest BCUT2D eigenvalue weighted by Crippen LogP contribution is -2.45. The number of carbonyl (C=O) groups excluding carboxylic acids is 1. The Hall–Kier alpha value is -1.16. The molecule has 0 spiro atoms. The minimum Gasteiger partial charge on any atom is -0.383 e. The Morgan fingerprint density at radius 3 is 2.62 bits per heavy atom. The third-order valence-electron chi connectivity index (χ3n) is 2.14. The molecule has 2 N–H and O–H groups in total. The molecule has 1 unspecified atom stereocenters. The summed E-state index contributed by atoms with van der Waals surface area (Å²) in [4.78, 5) is 13.4. The van der Waals surface area contributed by atoms with Gasteiger partial charge in [-0.25, -0.2) is 0 Å². The van der Waals surface area contributed by atoms with E-state index in [1.54, 1.807) is 7.11 Å². The van der Waals surface area contributed by atoms with Crippen LogP contribution in [0.2, 0.25) is 0 Å². The summed E-state index contributed by atoms with van der Waals surface area (Å²) >= 11 is 0. The summed E-state index contributed by atoms with van der Waals surface area (Å²) in [5.74, 6) is -0.197. The summed E-state index contributed by atoms with van der Waals surface area (Å²) in [6.07, 6.45) is -0.355. The fraction of sp³-hybridized carbons (Fsp3) is 0.800. The van der Waals surface area contributed by atoms with Crippen molar-refractivity contribution in [3.05, 3.63) is 0 Å². The molecule has 1 atom stereocenters. The Labute approximate surface area is 95.9 Å². The lowest BCUT2D eigenvalue weighted by atomic mass is 10.2. The smallest absolute Gasteiger partial charge is 0.253 e. The highest BCUT2D eigenvalue weighted by Gasteiger charge is 2.22. The highest BCUT2D eigenvalue weighted by Crippen LogP contribution is 1.99. The zero-order valence-corrected chi connectivity index (χ0v) is 9.81. The van der Waals surface area contributed by atoms with E-state index < -0.39 is 6.10 Å². The second kappa shape index (κ2) is 9.09. The average Bonchev–Trinajstić information content (AvgIpc) is 2.30. The highest BCUT2D eigenvalue weighted by atomic mass is 16.5. The molecule has 16 heavy (non-hydrogen) atoms. The second-order valence-electron chi connectivity index (χ2n) is 3.19. The van der Waals surface area contributed by atoms with Crippen molar-refractivity contribution in [2.75, 3.05) is 40.5 Å². The summed E-state index contributed by atoms with van der Waals surface area (Å²) in [6, 6.07) is 2.00. The molecule has 0 aromatic rings.